The van der Waals surface area contributed by atoms with Crippen LogP contribution in [0.1, 0.15) is 0 Å². The van der Waals surface area contributed by atoms with Crippen molar-refractivity contribution in [3.63, 3.8) is 0 Å². The van der Waals surface area contributed by atoms with Crippen LogP contribution in [0, 0.1) is 11.3 Å². The molecule has 0 unspecified atom stereocenters. The highest BCUT2D eigenvalue weighted by Gasteiger charge is 2.24. The van der Waals surface area contributed by atoms with Crippen molar-refractivity contribution in [2.45, 2.75) is 0 Å². The van der Waals surface area contributed by atoms with E-state index >= 15 is 0 Å². The standard InChI is InChI=1S/C9H6N4OS6/c10-3-6-7(4-14-1-2-15)11-9(13-17)12-8(6)20(18,19)5-16/h2,4-5H,1H2,(H,11,12). The third-order valence-electron chi connectivity index (χ3n) is 1.90. The molecule has 5 nitrogen and oxygen atoms in total. The Morgan fingerprint density at radius 3 is 2.65 bits per heavy atom. The quantitative estimate of drug-likeness (QED) is 0.436. The van der Waals surface area contributed by atoms with Crippen LogP contribution in [-0.2, 0) is 46.7 Å². The van der Waals surface area contributed by atoms with Gasteiger partial charge in [0.2, 0.25) is 5.96 Å². The molecule has 1 aliphatic rings. The molecule has 0 bridgehead atoms. The summed E-state index contributed by atoms with van der Waals surface area (Å²) in [5.74, 6) is 0.106. The summed E-state index contributed by atoms with van der Waals surface area (Å²) >= 11 is 24.6. The average Bonchev–Trinajstić information content (AvgIpc) is 2.46. The first-order valence-electron chi connectivity index (χ1n) is 4.79. The first kappa shape index (κ1) is 17.3. The second kappa shape index (κ2) is 7.87. The molecule has 0 radical (unpaired) electrons. The fraction of sp³-hybridized carbons (Fsp3) is 0.111. The number of hydrogen-bond donors (Lipinski definition) is 1. The summed E-state index contributed by atoms with van der Waals surface area (Å²) in [6, 6.07) is 1.99. The summed E-state index contributed by atoms with van der Waals surface area (Å²) in [5.41, 5.74) is 0.392. The van der Waals surface area contributed by atoms with E-state index in [1.807, 2.05) is 6.07 Å². The number of allylic oxidation sites excluding steroid dienone is 1. The van der Waals surface area contributed by atoms with E-state index in [0.29, 0.717) is 5.03 Å². The largest absolute Gasteiger partial charge is 0.494 e. The van der Waals surface area contributed by atoms with Gasteiger partial charge in [-0.15, -0.1) is 4.36 Å². The molecule has 1 rings (SSSR count). The Kier molecular flexibility index (Phi) is 6.80. The molecule has 11 heteroatoms. The SMILES string of the molecule is N#CC1=C(S(=S)(=S)C=S)NC(N=S)=NC1=COCC=S. The maximum Gasteiger partial charge on any atom is 0.240 e. The van der Waals surface area contributed by atoms with Crippen LogP contribution in [0.3, 0.4) is 0 Å². The topological polar surface area (TPSA) is 69.8 Å². The zero-order valence-electron chi connectivity index (χ0n) is 9.64. The Hall–Kier alpha value is -0.770. The third-order valence-corrected chi connectivity index (χ3v) is 6.52. The van der Waals surface area contributed by atoms with Crippen LogP contribution in [0.2, 0.25) is 0 Å². The number of hydrogen-bond acceptors (Lipinski definition) is 10. The van der Waals surface area contributed by atoms with E-state index in [1.165, 1.54) is 16.3 Å². The molecule has 0 aromatic heterocycles. The number of nitrogens with one attached hydrogen (secondary N) is 1. The number of thiocarbonyl (C=S) groups is 2. The number of guanidine groups is 1. The maximum atomic E-state index is 9.28. The molecule has 1 aliphatic heterocycles. The van der Waals surface area contributed by atoms with Crippen molar-refractivity contribution in [1.82, 2.24) is 5.32 Å². The fourth-order valence-electron chi connectivity index (χ4n) is 1.14. The zero-order chi connectivity index (χ0) is 15.2. The molecule has 0 saturated carbocycles. The third kappa shape index (κ3) is 4.11. The van der Waals surface area contributed by atoms with Gasteiger partial charge < -0.3 is 10.1 Å². The van der Waals surface area contributed by atoms with Crippen molar-refractivity contribution < 1.29 is 4.74 Å². The lowest BCUT2D eigenvalue weighted by Gasteiger charge is -2.19. The van der Waals surface area contributed by atoms with Crippen LogP contribution in [0.4, 0.5) is 0 Å². The van der Waals surface area contributed by atoms with E-state index in [-0.39, 0.29) is 23.8 Å². The Labute approximate surface area is 141 Å². The number of nitriles is 1. The van der Waals surface area contributed by atoms with Crippen molar-refractivity contribution in [3.05, 3.63) is 22.6 Å². The van der Waals surface area contributed by atoms with Crippen LogP contribution in [0.15, 0.2) is 31.9 Å². The molecule has 0 amide bonds. The average molecular weight is 379 g/mol. The van der Waals surface area contributed by atoms with Crippen LogP contribution >= 0.6 is 24.4 Å². The lowest BCUT2D eigenvalue weighted by Crippen LogP contribution is -2.30. The normalized spacial score (nSPS) is 16.8. The van der Waals surface area contributed by atoms with E-state index < -0.39 is 7.15 Å². The number of rotatable bonds is 5. The summed E-state index contributed by atoms with van der Waals surface area (Å²) in [6.45, 7) is 0.198. The molecule has 0 fully saturated rings. The highest BCUT2D eigenvalue weighted by Crippen LogP contribution is 2.23. The van der Waals surface area contributed by atoms with Crippen LogP contribution in [0.5, 0.6) is 0 Å². The van der Waals surface area contributed by atoms with Crippen molar-refractivity contribution in [2.75, 3.05) is 6.61 Å². The lowest BCUT2D eigenvalue weighted by molar-refractivity contribution is 0.304. The van der Waals surface area contributed by atoms with Gasteiger partial charge in [0.1, 0.15) is 35.2 Å². The highest BCUT2D eigenvalue weighted by molar-refractivity contribution is 8.66. The van der Waals surface area contributed by atoms with Crippen molar-refractivity contribution in [2.24, 2.45) is 9.36 Å². The highest BCUT2D eigenvalue weighted by atomic mass is 33.1. The van der Waals surface area contributed by atoms with Gasteiger partial charge in [-0.05, 0) is 29.5 Å². The molecule has 20 heavy (non-hydrogen) atoms. The van der Waals surface area contributed by atoms with Crippen LogP contribution in [0.25, 0.3) is 0 Å². The number of aliphatic imine (C=N–C) groups is 1. The summed E-state index contributed by atoms with van der Waals surface area (Å²) < 4.78 is 9.93. The second-order valence-electron chi connectivity index (χ2n) is 3.11. The van der Waals surface area contributed by atoms with Crippen LogP contribution in [-0.4, -0.2) is 22.6 Å². The lowest BCUT2D eigenvalue weighted by atomic mass is 10.2. The molecule has 1 heterocycles. The Morgan fingerprint density at radius 2 is 2.15 bits per heavy atom. The minimum atomic E-state index is -2.30. The van der Waals surface area contributed by atoms with Gasteiger partial charge in [0.05, 0.1) is 0 Å². The van der Waals surface area contributed by atoms with Gasteiger partial charge in [-0.2, -0.15) is 5.26 Å². The second-order valence-corrected chi connectivity index (χ2v) is 9.68. The monoisotopic (exact) mass is 378 g/mol. The molecule has 0 spiro atoms. The Balaban J connectivity index is 3.42. The van der Waals surface area contributed by atoms with E-state index in [1.54, 1.807) is 0 Å². The van der Waals surface area contributed by atoms with Gasteiger partial charge in [0.15, 0.2) is 0 Å². The minimum absolute atomic E-state index is 0.106. The molecule has 1 N–H and O–H groups in total. The van der Waals surface area contributed by atoms with Gasteiger partial charge >= 0.3 is 0 Å². The van der Waals surface area contributed by atoms with Gasteiger partial charge in [-0.1, -0.05) is 24.4 Å². The Morgan fingerprint density at radius 1 is 1.45 bits per heavy atom. The van der Waals surface area contributed by atoms with Gasteiger partial charge in [-0.25, -0.2) is 4.99 Å². The van der Waals surface area contributed by atoms with E-state index in [4.69, 9.17) is 39.3 Å². The summed E-state index contributed by atoms with van der Waals surface area (Å²) in [4.78, 5) is 4.04. The smallest absolute Gasteiger partial charge is 0.240 e. The minimum Gasteiger partial charge on any atom is -0.494 e. The van der Waals surface area contributed by atoms with E-state index in [9.17, 15) is 5.26 Å². The molecule has 0 saturated heterocycles. The predicted octanol–water partition coefficient (Wildman–Crippen LogP) is 1.30. The van der Waals surface area contributed by atoms with E-state index in [0.717, 1.165) is 0 Å². The maximum absolute atomic E-state index is 9.28. The van der Waals surface area contributed by atoms with Gasteiger partial charge in [-0.3, -0.25) is 0 Å². The van der Waals surface area contributed by atoms with Crippen molar-refractivity contribution in [1.29, 1.82) is 5.26 Å². The van der Waals surface area contributed by atoms with Crippen molar-refractivity contribution >= 4 is 82.4 Å². The first-order valence-corrected chi connectivity index (χ1v) is 9.65. The summed E-state index contributed by atoms with van der Waals surface area (Å²) in [7, 11) is -2.30. The molecule has 0 aromatic rings. The molecular weight excluding hydrogens is 373 g/mol. The van der Waals surface area contributed by atoms with E-state index in [2.05, 4.69) is 39.3 Å². The van der Waals surface area contributed by atoms with Gasteiger partial charge in [0, 0.05) is 22.5 Å². The van der Waals surface area contributed by atoms with Gasteiger partial charge in [0.25, 0.3) is 0 Å². The number of ether oxygens (including phenoxy) is 1. The molecule has 0 aromatic carbocycles. The molecular formula is C9H6N4OS6. The number of nitrogens with zero attached hydrogens (tertiary/aromatic N) is 3. The summed E-state index contributed by atoms with van der Waals surface area (Å²) in [5, 5.41) is 13.7. The molecule has 0 atom stereocenters. The summed E-state index contributed by atoms with van der Waals surface area (Å²) in [6.07, 6.45) is 1.28. The van der Waals surface area contributed by atoms with Crippen LogP contribution < -0.4 is 5.32 Å². The first-order chi connectivity index (χ1) is 9.50. The Bertz CT molecular complexity index is 682. The fourth-order valence-corrected chi connectivity index (χ4v) is 3.11. The van der Waals surface area contributed by atoms with Crippen molar-refractivity contribution in [3.8, 4) is 6.07 Å². The zero-order valence-corrected chi connectivity index (χ0v) is 14.5. The molecule has 0 aliphatic carbocycles. The molecule has 104 valence electrons. The predicted molar refractivity (Wildman–Crippen MR) is 96.4 cm³/mol.